The maximum absolute atomic E-state index is 13.1. The quantitative estimate of drug-likeness (QED) is 0.575. The van der Waals surface area contributed by atoms with Gasteiger partial charge in [0.15, 0.2) is 0 Å². The summed E-state index contributed by atoms with van der Waals surface area (Å²) < 4.78 is 5.23. The van der Waals surface area contributed by atoms with Gasteiger partial charge in [-0.1, -0.05) is 37.6 Å². The molecule has 1 aliphatic heterocycles. The minimum absolute atomic E-state index is 0.0153. The molecule has 0 radical (unpaired) electrons. The van der Waals surface area contributed by atoms with Gasteiger partial charge >= 0.3 is 0 Å². The van der Waals surface area contributed by atoms with Gasteiger partial charge in [0.05, 0.1) is 24.6 Å². The molecule has 2 aromatic rings. The number of hydrazine groups is 1. The average Bonchev–Trinajstić information content (AvgIpc) is 2.81. The molecule has 170 valence electrons. The second kappa shape index (κ2) is 10.7. The van der Waals surface area contributed by atoms with E-state index in [2.05, 4.69) is 17.8 Å². The molecule has 0 aliphatic carbocycles. The van der Waals surface area contributed by atoms with E-state index in [1.807, 2.05) is 12.1 Å². The SMILES string of the molecule is CCCCN1C(=O)CC[C@H](C(=O)NNC(=O)c2ccccc2O)[C@@H]1c1ccc(OC)cc1. The lowest BCUT2D eigenvalue weighted by molar-refractivity contribution is -0.143. The first-order chi connectivity index (χ1) is 15.5. The molecule has 8 heteroatoms. The smallest absolute Gasteiger partial charge is 0.273 e. The number of carbonyl (C=O) groups excluding carboxylic acids is 3. The van der Waals surface area contributed by atoms with Crippen molar-refractivity contribution in [3.05, 3.63) is 59.7 Å². The Hall–Kier alpha value is -3.55. The maximum Gasteiger partial charge on any atom is 0.273 e. The number of likely N-dealkylation sites (tertiary alicyclic amines) is 1. The third kappa shape index (κ3) is 5.19. The van der Waals surface area contributed by atoms with E-state index in [4.69, 9.17) is 4.74 Å². The number of hydrogen-bond donors (Lipinski definition) is 3. The number of ether oxygens (including phenoxy) is 1. The Bertz CT molecular complexity index is 960. The van der Waals surface area contributed by atoms with Gasteiger partial charge < -0.3 is 14.7 Å². The van der Waals surface area contributed by atoms with Gasteiger partial charge in [-0.15, -0.1) is 0 Å². The molecule has 0 bridgehead atoms. The number of nitrogens with zero attached hydrogens (tertiary/aromatic N) is 1. The van der Waals surface area contributed by atoms with Crippen molar-refractivity contribution in [3.63, 3.8) is 0 Å². The summed E-state index contributed by atoms with van der Waals surface area (Å²) in [4.78, 5) is 40.0. The third-order valence-electron chi connectivity index (χ3n) is 5.70. The minimum Gasteiger partial charge on any atom is -0.507 e. The Morgan fingerprint density at radius 3 is 2.50 bits per heavy atom. The van der Waals surface area contributed by atoms with Crippen molar-refractivity contribution in [1.29, 1.82) is 0 Å². The summed E-state index contributed by atoms with van der Waals surface area (Å²) in [6.07, 6.45) is 2.39. The molecule has 1 heterocycles. The lowest BCUT2D eigenvalue weighted by Crippen LogP contribution is -2.51. The molecule has 2 aromatic carbocycles. The van der Waals surface area contributed by atoms with Crippen LogP contribution in [0, 0.1) is 5.92 Å². The van der Waals surface area contributed by atoms with E-state index < -0.39 is 17.9 Å². The Balaban J connectivity index is 1.80. The van der Waals surface area contributed by atoms with E-state index in [0.29, 0.717) is 18.7 Å². The number of unbranched alkanes of at least 4 members (excludes halogenated alkanes) is 1. The van der Waals surface area contributed by atoms with E-state index in [1.165, 1.54) is 12.1 Å². The number of aromatic hydroxyl groups is 1. The number of benzene rings is 2. The molecule has 0 aromatic heterocycles. The number of methoxy groups -OCH3 is 1. The van der Waals surface area contributed by atoms with Gasteiger partial charge in [-0.05, 0) is 42.7 Å². The van der Waals surface area contributed by atoms with E-state index in [0.717, 1.165) is 18.4 Å². The summed E-state index contributed by atoms with van der Waals surface area (Å²) in [5, 5.41) is 9.85. The zero-order valence-corrected chi connectivity index (χ0v) is 18.3. The van der Waals surface area contributed by atoms with Gasteiger partial charge in [0.1, 0.15) is 11.5 Å². The van der Waals surface area contributed by atoms with Crippen LogP contribution in [0.3, 0.4) is 0 Å². The zero-order chi connectivity index (χ0) is 23.1. The number of phenols is 1. The maximum atomic E-state index is 13.1. The number of phenolic OH excluding ortho intramolecular Hbond substituents is 1. The third-order valence-corrected chi connectivity index (χ3v) is 5.70. The normalized spacial score (nSPS) is 18.2. The van der Waals surface area contributed by atoms with E-state index >= 15 is 0 Å². The fraction of sp³-hybridized carbons (Fsp3) is 0.375. The monoisotopic (exact) mass is 439 g/mol. The summed E-state index contributed by atoms with van der Waals surface area (Å²) in [5.41, 5.74) is 5.75. The van der Waals surface area contributed by atoms with Crippen LogP contribution < -0.4 is 15.6 Å². The Labute approximate surface area is 187 Å². The second-order valence-corrected chi connectivity index (χ2v) is 7.76. The molecule has 3 N–H and O–H groups in total. The van der Waals surface area contributed by atoms with Crippen LogP contribution in [0.15, 0.2) is 48.5 Å². The Kier molecular flexibility index (Phi) is 7.70. The fourth-order valence-corrected chi connectivity index (χ4v) is 3.98. The summed E-state index contributed by atoms with van der Waals surface area (Å²) in [6.45, 7) is 2.61. The van der Waals surface area contributed by atoms with Crippen molar-refractivity contribution >= 4 is 17.7 Å². The largest absolute Gasteiger partial charge is 0.507 e. The molecular formula is C24H29N3O5. The molecule has 3 rings (SSSR count). The highest BCUT2D eigenvalue weighted by atomic mass is 16.5. The highest BCUT2D eigenvalue weighted by Gasteiger charge is 2.40. The van der Waals surface area contributed by atoms with Crippen LogP contribution in [0.5, 0.6) is 11.5 Å². The Morgan fingerprint density at radius 2 is 1.84 bits per heavy atom. The molecule has 1 aliphatic rings. The number of carbonyl (C=O) groups is 3. The van der Waals surface area contributed by atoms with E-state index in [1.54, 1.807) is 36.3 Å². The average molecular weight is 440 g/mol. The first-order valence-corrected chi connectivity index (χ1v) is 10.8. The lowest BCUT2D eigenvalue weighted by Gasteiger charge is -2.41. The van der Waals surface area contributed by atoms with Crippen LogP contribution in [0.4, 0.5) is 0 Å². The van der Waals surface area contributed by atoms with Crippen LogP contribution in [0.2, 0.25) is 0 Å². The standard InChI is InChI=1S/C24H29N3O5/c1-3-4-15-27-21(29)14-13-19(22(27)16-9-11-17(32-2)12-10-16)24(31)26-25-23(30)18-7-5-6-8-20(18)28/h5-12,19,22,28H,3-4,13-15H2,1-2H3,(H,25,30)(H,26,31)/t19-,22-/m0/s1. The molecular weight excluding hydrogens is 410 g/mol. The number of hydrogen-bond acceptors (Lipinski definition) is 5. The zero-order valence-electron chi connectivity index (χ0n) is 18.3. The van der Waals surface area contributed by atoms with Crippen molar-refractivity contribution in [2.75, 3.05) is 13.7 Å². The van der Waals surface area contributed by atoms with Gasteiger partial charge in [0.2, 0.25) is 11.8 Å². The van der Waals surface area contributed by atoms with Gasteiger partial charge in [-0.3, -0.25) is 25.2 Å². The molecule has 2 atom stereocenters. The molecule has 0 unspecified atom stereocenters. The van der Waals surface area contributed by atoms with Crippen molar-refractivity contribution < 1.29 is 24.2 Å². The van der Waals surface area contributed by atoms with Gasteiger partial charge in [-0.25, -0.2) is 0 Å². The van der Waals surface area contributed by atoms with Crippen molar-refractivity contribution in [2.45, 2.75) is 38.6 Å². The number of para-hydroxylation sites is 1. The predicted molar refractivity (Wildman–Crippen MR) is 119 cm³/mol. The van der Waals surface area contributed by atoms with Gasteiger partial charge in [0.25, 0.3) is 5.91 Å². The predicted octanol–water partition coefficient (Wildman–Crippen LogP) is 2.94. The molecule has 0 saturated carbocycles. The number of rotatable bonds is 7. The first-order valence-electron chi connectivity index (χ1n) is 10.8. The fourth-order valence-electron chi connectivity index (χ4n) is 3.98. The van der Waals surface area contributed by atoms with Crippen LogP contribution >= 0.6 is 0 Å². The van der Waals surface area contributed by atoms with Gasteiger partial charge in [0, 0.05) is 13.0 Å². The topological polar surface area (TPSA) is 108 Å². The van der Waals surface area contributed by atoms with Crippen molar-refractivity contribution in [2.24, 2.45) is 5.92 Å². The van der Waals surface area contributed by atoms with Crippen molar-refractivity contribution in [1.82, 2.24) is 15.8 Å². The molecule has 1 saturated heterocycles. The summed E-state index contributed by atoms with van der Waals surface area (Å²) in [7, 11) is 1.58. The molecule has 1 fully saturated rings. The highest BCUT2D eigenvalue weighted by molar-refractivity contribution is 5.98. The van der Waals surface area contributed by atoms with Gasteiger partial charge in [-0.2, -0.15) is 0 Å². The minimum atomic E-state index is -0.618. The summed E-state index contributed by atoms with van der Waals surface area (Å²) >= 11 is 0. The van der Waals surface area contributed by atoms with E-state index in [-0.39, 0.29) is 29.5 Å². The Morgan fingerprint density at radius 1 is 1.12 bits per heavy atom. The molecule has 0 spiro atoms. The molecule has 3 amide bonds. The molecule has 32 heavy (non-hydrogen) atoms. The lowest BCUT2D eigenvalue weighted by atomic mass is 9.83. The number of nitrogens with one attached hydrogen (secondary N) is 2. The highest BCUT2D eigenvalue weighted by Crippen LogP contribution is 2.37. The van der Waals surface area contributed by atoms with Crippen molar-refractivity contribution in [3.8, 4) is 11.5 Å². The van der Waals surface area contributed by atoms with Crippen LogP contribution in [0.25, 0.3) is 0 Å². The first kappa shape index (κ1) is 23.1. The van der Waals surface area contributed by atoms with Crippen LogP contribution in [-0.4, -0.2) is 41.4 Å². The van der Waals surface area contributed by atoms with E-state index in [9.17, 15) is 19.5 Å². The number of piperidine rings is 1. The summed E-state index contributed by atoms with van der Waals surface area (Å²) in [6, 6.07) is 13.0. The molecule has 8 nitrogen and oxygen atoms in total. The number of amides is 3. The second-order valence-electron chi connectivity index (χ2n) is 7.76. The summed E-state index contributed by atoms with van der Waals surface area (Å²) in [5.74, 6) is -1.02. The van der Waals surface area contributed by atoms with Crippen LogP contribution in [-0.2, 0) is 9.59 Å². The van der Waals surface area contributed by atoms with Crippen LogP contribution in [0.1, 0.15) is 54.6 Å².